The maximum absolute atomic E-state index is 10.9. The third-order valence-electron chi connectivity index (χ3n) is 5.08. The molecule has 7 heteroatoms. The number of anilines is 2. The summed E-state index contributed by atoms with van der Waals surface area (Å²) in [5.41, 5.74) is 9.85. The van der Waals surface area contributed by atoms with Crippen LogP contribution in [-0.4, -0.2) is 20.9 Å². The zero-order valence-corrected chi connectivity index (χ0v) is 18.6. The number of benzene rings is 2. The van der Waals surface area contributed by atoms with Crippen molar-refractivity contribution in [3.05, 3.63) is 84.0 Å². The Balaban J connectivity index is 1.54. The Labute approximate surface area is 192 Å². The lowest BCUT2D eigenvalue weighted by molar-refractivity contribution is -0.117. The Morgan fingerprint density at radius 1 is 1.06 bits per heavy atom. The van der Waals surface area contributed by atoms with Crippen LogP contribution in [0.1, 0.15) is 29.7 Å². The van der Waals surface area contributed by atoms with Gasteiger partial charge in [-0.25, -0.2) is 9.97 Å². The van der Waals surface area contributed by atoms with Gasteiger partial charge in [-0.15, -0.1) is 0 Å². The minimum atomic E-state index is -0.305. The van der Waals surface area contributed by atoms with Crippen LogP contribution in [0.5, 0.6) is 11.5 Å². The molecule has 0 atom stereocenters. The number of aryl methyl sites for hydroxylation is 2. The second kappa shape index (κ2) is 9.91. The molecule has 0 radical (unpaired) electrons. The van der Waals surface area contributed by atoms with E-state index in [1.165, 1.54) is 0 Å². The number of rotatable bonds is 8. The SMILES string of the molecule is Cc1ccc(Oc2ccc(Nc3ncnc4ccc(/C=C/CCC(N)=O)cc34)cc2C)cn1. The molecule has 0 spiro atoms. The van der Waals surface area contributed by atoms with Crippen molar-refractivity contribution in [2.24, 2.45) is 5.73 Å². The summed E-state index contributed by atoms with van der Waals surface area (Å²) in [6, 6.07) is 15.7. The fraction of sp³-hybridized carbons (Fsp3) is 0.154. The minimum Gasteiger partial charge on any atom is -0.455 e. The summed E-state index contributed by atoms with van der Waals surface area (Å²) < 4.78 is 5.96. The van der Waals surface area contributed by atoms with E-state index in [2.05, 4.69) is 20.3 Å². The van der Waals surface area contributed by atoms with Gasteiger partial charge >= 0.3 is 0 Å². The van der Waals surface area contributed by atoms with Crippen LogP contribution >= 0.6 is 0 Å². The summed E-state index contributed by atoms with van der Waals surface area (Å²) in [5.74, 6) is 1.87. The number of nitrogens with one attached hydrogen (secondary N) is 1. The van der Waals surface area contributed by atoms with Crippen molar-refractivity contribution in [3.8, 4) is 11.5 Å². The van der Waals surface area contributed by atoms with Gasteiger partial charge in [0, 0.05) is 23.2 Å². The van der Waals surface area contributed by atoms with Gasteiger partial charge in [0.1, 0.15) is 23.6 Å². The Morgan fingerprint density at radius 2 is 1.94 bits per heavy atom. The lowest BCUT2D eigenvalue weighted by atomic mass is 10.1. The van der Waals surface area contributed by atoms with E-state index in [9.17, 15) is 4.79 Å². The van der Waals surface area contributed by atoms with Crippen LogP contribution in [0, 0.1) is 13.8 Å². The van der Waals surface area contributed by atoms with Crippen LogP contribution in [-0.2, 0) is 4.79 Å². The minimum absolute atomic E-state index is 0.305. The maximum atomic E-state index is 10.9. The Kier molecular flexibility index (Phi) is 6.59. The number of amides is 1. The highest BCUT2D eigenvalue weighted by molar-refractivity contribution is 5.92. The topological polar surface area (TPSA) is 103 Å². The van der Waals surface area contributed by atoms with Crippen LogP contribution in [0.15, 0.2) is 67.1 Å². The van der Waals surface area contributed by atoms with Crippen molar-refractivity contribution < 1.29 is 9.53 Å². The van der Waals surface area contributed by atoms with E-state index in [0.29, 0.717) is 24.4 Å². The average Bonchev–Trinajstić information content (AvgIpc) is 2.80. The number of hydrogen-bond acceptors (Lipinski definition) is 6. The molecule has 4 aromatic rings. The molecule has 0 bridgehead atoms. The molecule has 4 rings (SSSR count). The van der Waals surface area contributed by atoms with E-state index in [-0.39, 0.29) is 5.91 Å². The van der Waals surface area contributed by atoms with Crippen molar-refractivity contribution in [2.75, 3.05) is 5.32 Å². The lowest BCUT2D eigenvalue weighted by Gasteiger charge is -2.12. The van der Waals surface area contributed by atoms with Crippen LogP contribution < -0.4 is 15.8 Å². The smallest absolute Gasteiger partial charge is 0.217 e. The predicted molar refractivity (Wildman–Crippen MR) is 131 cm³/mol. The Bertz CT molecular complexity index is 1320. The van der Waals surface area contributed by atoms with Crippen LogP contribution in [0.2, 0.25) is 0 Å². The largest absolute Gasteiger partial charge is 0.455 e. The number of fused-ring (bicyclic) bond motifs is 1. The predicted octanol–water partition coefficient (Wildman–Crippen LogP) is 5.46. The zero-order chi connectivity index (χ0) is 23.2. The highest BCUT2D eigenvalue weighted by Gasteiger charge is 2.08. The van der Waals surface area contributed by atoms with Crippen molar-refractivity contribution in [2.45, 2.75) is 26.7 Å². The molecule has 2 heterocycles. The molecule has 0 aliphatic rings. The van der Waals surface area contributed by atoms with Gasteiger partial charge in [-0.05, 0) is 73.9 Å². The van der Waals surface area contributed by atoms with E-state index in [4.69, 9.17) is 10.5 Å². The molecule has 166 valence electrons. The van der Waals surface area contributed by atoms with Crippen LogP contribution in [0.25, 0.3) is 17.0 Å². The second-order valence-corrected chi connectivity index (χ2v) is 7.75. The normalized spacial score (nSPS) is 11.1. The van der Waals surface area contributed by atoms with Gasteiger partial charge in [-0.1, -0.05) is 18.2 Å². The summed E-state index contributed by atoms with van der Waals surface area (Å²) in [6.45, 7) is 3.94. The lowest BCUT2D eigenvalue weighted by Crippen LogP contribution is -2.08. The van der Waals surface area contributed by atoms with Gasteiger partial charge in [0.25, 0.3) is 0 Å². The fourth-order valence-electron chi connectivity index (χ4n) is 3.34. The summed E-state index contributed by atoms with van der Waals surface area (Å²) in [7, 11) is 0. The van der Waals surface area contributed by atoms with Crippen molar-refractivity contribution >= 4 is 34.4 Å². The molecule has 0 unspecified atom stereocenters. The number of pyridine rings is 1. The van der Waals surface area contributed by atoms with E-state index >= 15 is 0 Å². The number of carbonyl (C=O) groups excluding carboxylic acids is 1. The number of nitrogens with zero attached hydrogens (tertiary/aromatic N) is 3. The van der Waals surface area contributed by atoms with E-state index in [1.807, 2.05) is 74.5 Å². The highest BCUT2D eigenvalue weighted by Crippen LogP contribution is 2.30. The van der Waals surface area contributed by atoms with Gasteiger partial charge in [0.2, 0.25) is 5.91 Å². The first-order chi connectivity index (χ1) is 16.0. The van der Waals surface area contributed by atoms with Crippen molar-refractivity contribution in [1.82, 2.24) is 15.0 Å². The first kappa shape index (κ1) is 22.0. The summed E-state index contributed by atoms with van der Waals surface area (Å²) in [5, 5.41) is 4.29. The molecule has 2 aromatic carbocycles. The molecular formula is C26H25N5O2. The third-order valence-corrected chi connectivity index (χ3v) is 5.08. The second-order valence-electron chi connectivity index (χ2n) is 7.75. The van der Waals surface area contributed by atoms with E-state index in [1.54, 1.807) is 12.5 Å². The van der Waals surface area contributed by atoms with Crippen molar-refractivity contribution in [1.29, 1.82) is 0 Å². The van der Waals surface area contributed by atoms with Gasteiger partial charge < -0.3 is 15.8 Å². The fourth-order valence-corrected chi connectivity index (χ4v) is 3.34. The molecule has 33 heavy (non-hydrogen) atoms. The molecule has 2 aromatic heterocycles. The molecule has 0 fully saturated rings. The van der Waals surface area contributed by atoms with Crippen LogP contribution in [0.3, 0.4) is 0 Å². The number of nitrogens with two attached hydrogens (primary N) is 1. The molecule has 1 amide bonds. The standard InChI is InChI=1S/C26H25N5O2/c1-17-13-20(9-12-24(17)33-21-10-7-18(2)28-15-21)31-26-22-14-19(5-3-4-6-25(27)32)8-11-23(22)29-16-30-26/h3,5,7-16H,4,6H2,1-2H3,(H2,27,32)(H,29,30,31)/b5-3+. The number of carbonyl (C=O) groups is 1. The number of ether oxygens (including phenoxy) is 1. The monoisotopic (exact) mass is 439 g/mol. The molecular weight excluding hydrogens is 414 g/mol. The summed E-state index contributed by atoms with van der Waals surface area (Å²) in [4.78, 5) is 24.0. The van der Waals surface area contributed by atoms with E-state index in [0.717, 1.165) is 39.2 Å². The zero-order valence-electron chi connectivity index (χ0n) is 18.6. The molecule has 0 saturated heterocycles. The van der Waals surface area contributed by atoms with E-state index < -0.39 is 0 Å². The molecule has 3 N–H and O–H groups in total. The molecule has 0 aliphatic carbocycles. The maximum Gasteiger partial charge on any atom is 0.217 e. The third kappa shape index (κ3) is 5.71. The first-order valence-corrected chi connectivity index (χ1v) is 10.7. The molecule has 0 aliphatic heterocycles. The quantitative estimate of drug-likeness (QED) is 0.378. The summed E-state index contributed by atoms with van der Waals surface area (Å²) >= 11 is 0. The molecule has 0 saturated carbocycles. The number of aromatic nitrogens is 3. The Morgan fingerprint density at radius 3 is 2.70 bits per heavy atom. The van der Waals surface area contributed by atoms with Gasteiger partial charge in [0.05, 0.1) is 11.7 Å². The van der Waals surface area contributed by atoms with Crippen LogP contribution in [0.4, 0.5) is 11.5 Å². The Hall–Kier alpha value is -4.26. The molecule has 7 nitrogen and oxygen atoms in total. The average molecular weight is 440 g/mol. The number of primary amides is 1. The highest BCUT2D eigenvalue weighted by atomic mass is 16.5. The number of allylic oxidation sites excluding steroid dienone is 1. The number of hydrogen-bond donors (Lipinski definition) is 2. The summed E-state index contributed by atoms with van der Waals surface area (Å²) in [6.07, 6.45) is 8.11. The van der Waals surface area contributed by atoms with Gasteiger partial charge in [0.15, 0.2) is 0 Å². The van der Waals surface area contributed by atoms with Gasteiger partial charge in [-0.2, -0.15) is 0 Å². The first-order valence-electron chi connectivity index (χ1n) is 10.7. The van der Waals surface area contributed by atoms with Gasteiger partial charge in [-0.3, -0.25) is 9.78 Å². The van der Waals surface area contributed by atoms with Crippen molar-refractivity contribution in [3.63, 3.8) is 0 Å².